The zero-order chi connectivity index (χ0) is 28.8. The van der Waals surface area contributed by atoms with Crippen LogP contribution in [0.1, 0.15) is 49.0 Å². The largest absolute Gasteiger partial charge is 0.390 e. The van der Waals surface area contributed by atoms with Gasteiger partial charge in [-0.1, -0.05) is 73.4 Å². The molecule has 0 aliphatic heterocycles. The first-order valence-corrected chi connectivity index (χ1v) is 9.29. The van der Waals surface area contributed by atoms with Crippen molar-refractivity contribution in [2.24, 2.45) is 0 Å². The van der Waals surface area contributed by atoms with Gasteiger partial charge in [-0.05, 0) is 28.3 Å². The predicted molar refractivity (Wildman–Crippen MR) is 116 cm³/mol. The van der Waals surface area contributed by atoms with E-state index in [0.29, 0.717) is 11.4 Å². The van der Waals surface area contributed by atoms with Gasteiger partial charge in [-0.2, -0.15) is 5.21 Å². The summed E-state index contributed by atoms with van der Waals surface area (Å²) in [7, 11) is 0. The maximum atomic E-state index is 9.92. The highest BCUT2D eigenvalue weighted by molar-refractivity contribution is 6.30. The highest BCUT2D eigenvalue weighted by atomic mass is 35.5. The number of imidazole rings is 1. The lowest BCUT2D eigenvalue weighted by atomic mass is 9.98. The van der Waals surface area contributed by atoms with Gasteiger partial charge in [0.2, 0.25) is 5.82 Å². The van der Waals surface area contributed by atoms with Crippen molar-refractivity contribution in [2.75, 3.05) is 0 Å². The highest BCUT2D eigenvalue weighted by Gasteiger charge is 2.16. The van der Waals surface area contributed by atoms with E-state index in [9.17, 15) is 5.11 Å². The van der Waals surface area contributed by atoms with E-state index in [-0.39, 0.29) is 17.4 Å². The summed E-state index contributed by atoms with van der Waals surface area (Å²) < 4.78 is 72.7. The Morgan fingerprint density at radius 1 is 1.17 bits per heavy atom. The van der Waals surface area contributed by atoms with Gasteiger partial charge in [-0.25, -0.2) is 4.98 Å². The van der Waals surface area contributed by atoms with E-state index in [1.165, 1.54) is 0 Å². The van der Waals surface area contributed by atoms with Gasteiger partial charge in [0, 0.05) is 30.8 Å². The summed E-state index contributed by atoms with van der Waals surface area (Å²) >= 11 is 6.14. The van der Waals surface area contributed by atoms with Gasteiger partial charge in [0.25, 0.3) is 0 Å². The van der Waals surface area contributed by atoms with Crippen LogP contribution in [-0.2, 0) is 19.5 Å². The molecule has 0 amide bonds. The Balaban J connectivity index is 1.73. The molecule has 4 aromatic rings. The molecule has 154 valence electrons. The van der Waals surface area contributed by atoms with E-state index in [2.05, 4.69) is 25.6 Å². The number of aliphatic hydroxyl groups excluding tert-OH is 1. The van der Waals surface area contributed by atoms with E-state index in [1.54, 1.807) is 24.3 Å². The summed E-state index contributed by atoms with van der Waals surface area (Å²) in [4.78, 5) is 3.90. The van der Waals surface area contributed by atoms with Crippen LogP contribution in [0.4, 0.5) is 0 Å². The zero-order valence-corrected chi connectivity index (χ0v) is 16.4. The van der Waals surface area contributed by atoms with Crippen LogP contribution in [0.25, 0.3) is 22.5 Å². The fraction of sp³-hybridized carbons (Fsp3) is 0.273. The molecular formula is C22H23ClN6O. The SMILES string of the molecule is [2H]C([2H])([2H])C([2H])([2H])C([2H])([2H])C([2H])([2H])c1nc(Cl)c(CO)n1Cc1ccc(-c2ccccc2-c2nn[nH]n2)cc1. The second kappa shape index (κ2) is 9.19. The third kappa shape index (κ3) is 4.13. The fourth-order valence-electron chi connectivity index (χ4n) is 3.14. The van der Waals surface area contributed by atoms with Gasteiger partial charge in [0.1, 0.15) is 5.82 Å². The lowest BCUT2D eigenvalue weighted by Crippen LogP contribution is -2.09. The summed E-state index contributed by atoms with van der Waals surface area (Å²) in [6.07, 6.45) is -10.4. The number of nitrogens with one attached hydrogen (secondary N) is 1. The topological polar surface area (TPSA) is 92.5 Å². The van der Waals surface area contributed by atoms with Gasteiger partial charge >= 0.3 is 0 Å². The minimum Gasteiger partial charge on any atom is -0.390 e. The highest BCUT2D eigenvalue weighted by Crippen LogP contribution is 2.30. The molecule has 30 heavy (non-hydrogen) atoms. The van der Waals surface area contributed by atoms with Crippen LogP contribution in [0.2, 0.25) is 5.15 Å². The van der Waals surface area contributed by atoms with E-state index < -0.39 is 38.4 Å². The third-order valence-corrected chi connectivity index (χ3v) is 4.83. The minimum absolute atomic E-state index is 0.0349. The molecule has 0 spiro atoms. The first kappa shape index (κ1) is 12.0. The number of hydrogen-bond donors (Lipinski definition) is 2. The minimum atomic E-state index is -3.58. The number of aliphatic hydroxyl groups is 1. The quantitative estimate of drug-likeness (QED) is 0.434. The maximum Gasteiger partial charge on any atom is 0.205 e. The summed E-state index contributed by atoms with van der Waals surface area (Å²) in [5.74, 6) is -0.241. The Morgan fingerprint density at radius 3 is 2.67 bits per heavy atom. The van der Waals surface area contributed by atoms with Crippen LogP contribution < -0.4 is 0 Å². The number of rotatable bonds is 8. The van der Waals surface area contributed by atoms with Crippen LogP contribution >= 0.6 is 11.6 Å². The Bertz CT molecular complexity index is 1450. The summed E-state index contributed by atoms with van der Waals surface area (Å²) in [6.45, 7) is -4.27. The molecule has 2 N–H and O–H groups in total. The van der Waals surface area contributed by atoms with Gasteiger partial charge in [-0.3, -0.25) is 0 Å². The Morgan fingerprint density at radius 2 is 1.97 bits per heavy atom. The van der Waals surface area contributed by atoms with E-state index in [0.717, 1.165) is 21.3 Å². The second-order valence-electron chi connectivity index (χ2n) is 6.27. The monoisotopic (exact) mass is 431 g/mol. The normalized spacial score (nSPS) is 17.5. The van der Waals surface area contributed by atoms with Gasteiger partial charge in [-0.15, -0.1) is 10.2 Å². The summed E-state index contributed by atoms with van der Waals surface area (Å²) in [5.41, 5.74) is 2.93. The van der Waals surface area contributed by atoms with E-state index in [4.69, 9.17) is 23.9 Å². The Kier molecular flexibility index (Phi) is 3.67. The van der Waals surface area contributed by atoms with Gasteiger partial charge < -0.3 is 9.67 Å². The maximum absolute atomic E-state index is 9.92. The first-order valence-electron chi connectivity index (χ1n) is 13.4. The number of aromatic amines is 1. The first-order chi connectivity index (χ1) is 18.1. The van der Waals surface area contributed by atoms with Crippen LogP contribution in [0, 0.1) is 0 Å². The summed E-state index contributed by atoms with van der Waals surface area (Å²) in [6, 6.07) is 14.5. The van der Waals surface area contributed by atoms with Crippen LogP contribution in [0.3, 0.4) is 0 Å². The molecule has 0 bridgehead atoms. The molecule has 0 atom stereocenters. The molecule has 0 radical (unpaired) electrons. The summed E-state index contributed by atoms with van der Waals surface area (Å²) in [5, 5.41) is 23.7. The van der Waals surface area contributed by atoms with Gasteiger partial charge in [0.05, 0.1) is 12.3 Å². The number of hydrogen-bond acceptors (Lipinski definition) is 5. The van der Waals surface area contributed by atoms with Crippen molar-refractivity contribution < 1.29 is 17.4 Å². The molecule has 0 fully saturated rings. The van der Waals surface area contributed by atoms with Gasteiger partial charge in [0.15, 0.2) is 5.15 Å². The van der Waals surface area contributed by atoms with Crippen LogP contribution in [0.15, 0.2) is 48.5 Å². The molecule has 7 nitrogen and oxygen atoms in total. The molecule has 0 saturated carbocycles. The molecule has 2 aromatic heterocycles. The Hall–Kier alpha value is -3.03. The van der Waals surface area contributed by atoms with E-state index in [1.807, 2.05) is 24.3 Å². The number of tetrazole rings is 1. The Labute approximate surface area is 192 Å². The molecule has 8 heteroatoms. The number of nitrogens with zero attached hydrogens (tertiary/aromatic N) is 5. The van der Waals surface area contributed by atoms with E-state index >= 15 is 0 Å². The molecule has 2 aromatic carbocycles. The standard InChI is InChI=1S/C22H23ClN6O/c1-2-3-8-20-24-21(23)19(14-30)29(20)13-15-9-11-16(12-10-15)17-6-4-5-7-18(17)22-25-27-28-26-22/h4-7,9-12,30H,2-3,8,13-14H2,1H3,(H,25,26,27,28)/i1D3,2D2,3D2,8D2. The smallest absolute Gasteiger partial charge is 0.205 e. The van der Waals surface area contributed by atoms with Crippen molar-refractivity contribution in [2.45, 2.75) is 39.1 Å². The van der Waals surface area contributed by atoms with Crippen molar-refractivity contribution >= 4 is 11.6 Å². The molecule has 0 unspecified atom stereocenters. The lowest BCUT2D eigenvalue weighted by Gasteiger charge is -2.12. The molecular weight excluding hydrogens is 400 g/mol. The fourth-order valence-corrected chi connectivity index (χ4v) is 3.38. The lowest BCUT2D eigenvalue weighted by molar-refractivity contribution is 0.271. The average Bonchev–Trinajstić information content (AvgIpc) is 3.52. The number of aryl methyl sites for hydroxylation is 1. The van der Waals surface area contributed by atoms with Crippen LogP contribution in [0.5, 0.6) is 0 Å². The number of aromatic nitrogens is 6. The second-order valence-corrected chi connectivity index (χ2v) is 6.63. The molecule has 2 heterocycles. The molecule has 0 aliphatic carbocycles. The number of halogens is 1. The van der Waals surface area contributed by atoms with Crippen molar-refractivity contribution in [1.82, 2.24) is 30.2 Å². The number of H-pyrrole nitrogens is 1. The van der Waals surface area contributed by atoms with Crippen molar-refractivity contribution in [3.63, 3.8) is 0 Å². The number of benzene rings is 2. The molecule has 0 aliphatic rings. The van der Waals surface area contributed by atoms with Crippen molar-refractivity contribution in [3.05, 3.63) is 70.8 Å². The van der Waals surface area contributed by atoms with Crippen molar-refractivity contribution in [3.8, 4) is 22.5 Å². The molecule has 4 rings (SSSR count). The van der Waals surface area contributed by atoms with Crippen molar-refractivity contribution in [1.29, 1.82) is 0 Å². The third-order valence-electron chi connectivity index (χ3n) is 4.53. The zero-order valence-electron chi connectivity index (χ0n) is 24.6. The predicted octanol–water partition coefficient (Wildman–Crippen LogP) is 4.27. The average molecular weight is 432 g/mol. The van der Waals surface area contributed by atoms with Crippen LogP contribution in [-0.4, -0.2) is 35.3 Å². The molecule has 0 saturated heterocycles.